The minimum atomic E-state index is -1.16. The first-order valence-electron chi connectivity index (χ1n) is 8.69. The number of carboxylic acids is 1. The summed E-state index contributed by atoms with van der Waals surface area (Å²) in [6.07, 6.45) is 0.832. The molecule has 2 bridgehead atoms. The molecular formula is C17H18N2O5S2. The lowest BCUT2D eigenvalue weighted by atomic mass is 9.64. The third kappa shape index (κ3) is 1.85. The molecule has 3 heterocycles. The molecule has 1 aromatic rings. The van der Waals surface area contributed by atoms with Crippen LogP contribution in [0.5, 0.6) is 0 Å². The van der Waals surface area contributed by atoms with Crippen LogP contribution in [0, 0.1) is 29.6 Å². The van der Waals surface area contributed by atoms with Gasteiger partial charge in [-0.2, -0.15) is 0 Å². The van der Waals surface area contributed by atoms with Crippen molar-refractivity contribution in [2.45, 2.75) is 36.0 Å². The summed E-state index contributed by atoms with van der Waals surface area (Å²) in [4.78, 5) is 53.4. The second-order valence-electron chi connectivity index (χ2n) is 8.27. The Morgan fingerprint density at radius 2 is 1.88 bits per heavy atom. The fourth-order valence-electron chi connectivity index (χ4n) is 6.01. The molecule has 6 atom stereocenters. The van der Waals surface area contributed by atoms with Gasteiger partial charge in [-0.3, -0.25) is 24.1 Å². The highest BCUT2D eigenvalue weighted by atomic mass is 32.2. The number of thiazole rings is 1. The van der Waals surface area contributed by atoms with Gasteiger partial charge in [-0.1, -0.05) is 25.2 Å². The number of likely N-dealkylation sites (tertiary alicyclic amines) is 1. The molecule has 2 N–H and O–H groups in total. The number of fused-ring (bicyclic) bond motifs is 9. The number of hydrogen-bond donors (Lipinski definition) is 2. The average Bonchev–Trinajstić information content (AvgIpc) is 3.25. The molecule has 138 valence electrons. The summed E-state index contributed by atoms with van der Waals surface area (Å²) < 4.78 is 0. The molecule has 0 radical (unpaired) electrons. The Kier molecular flexibility index (Phi) is 3.19. The maximum absolute atomic E-state index is 12.8. The Morgan fingerprint density at radius 1 is 1.23 bits per heavy atom. The van der Waals surface area contributed by atoms with Crippen LogP contribution in [0.25, 0.3) is 0 Å². The first kappa shape index (κ1) is 16.6. The van der Waals surface area contributed by atoms with Crippen LogP contribution in [0.15, 0.2) is 9.82 Å². The predicted octanol–water partition coefficient (Wildman–Crippen LogP) is 1.14. The molecule has 5 rings (SSSR count). The maximum atomic E-state index is 12.8. The lowest BCUT2D eigenvalue weighted by Crippen LogP contribution is -2.48. The quantitative estimate of drug-likeness (QED) is 0.729. The van der Waals surface area contributed by atoms with Crippen molar-refractivity contribution in [3.8, 4) is 0 Å². The third-order valence-electron chi connectivity index (χ3n) is 6.78. The van der Waals surface area contributed by atoms with E-state index in [0.717, 1.165) is 21.2 Å². The molecule has 3 fully saturated rings. The van der Waals surface area contributed by atoms with Gasteiger partial charge >= 0.3 is 10.8 Å². The van der Waals surface area contributed by atoms with Crippen LogP contribution in [0.4, 0.5) is 0 Å². The fraction of sp³-hybridized carbons (Fsp3) is 0.647. The van der Waals surface area contributed by atoms with E-state index in [0.29, 0.717) is 0 Å². The van der Waals surface area contributed by atoms with Crippen LogP contribution in [0.2, 0.25) is 0 Å². The number of H-pyrrole nitrogens is 1. The molecule has 1 aromatic heterocycles. The van der Waals surface area contributed by atoms with E-state index in [-0.39, 0.29) is 45.1 Å². The number of hydrogen-bond acceptors (Lipinski definition) is 6. The number of aliphatic carboxylic acids is 1. The number of aromatic amines is 1. The number of nitrogens with zero attached hydrogens (tertiary/aromatic N) is 1. The second kappa shape index (κ2) is 5.01. The minimum absolute atomic E-state index is 0.0612. The molecule has 4 aliphatic rings. The highest BCUT2D eigenvalue weighted by Crippen LogP contribution is 2.68. The maximum Gasteiger partial charge on any atom is 0.323 e. The molecule has 2 saturated carbocycles. The van der Waals surface area contributed by atoms with Gasteiger partial charge in [0.05, 0.1) is 16.9 Å². The van der Waals surface area contributed by atoms with Crippen molar-refractivity contribution in [1.82, 2.24) is 9.88 Å². The summed E-state index contributed by atoms with van der Waals surface area (Å²) in [7, 11) is 0. The number of carbonyl (C=O) groups is 3. The van der Waals surface area contributed by atoms with Crippen molar-refractivity contribution in [3.63, 3.8) is 0 Å². The zero-order chi connectivity index (χ0) is 18.5. The van der Waals surface area contributed by atoms with E-state index in [2.05, 4.69) is 18.8 Å². The largest absolute Gasteiger partial charge is 0.480 e. The Bertz CT molecular complexity index is 918. The van der Waals surface area contributed by atoms with E-state index in [4.69, 9.17) is 5.11 Å². The summed E-state index contributed by atoms with van der Waals surface area (Å²) in [5.74, 6) is -2.26. The summed E-state index contributed by atoms with van der Waals surface area (Å²) in [5.41, 5.74) is -0.247. The van der Waals surface area contributed by atoms with Gasteiger partial charge in [0.2, 0.25) is 11.8 Å². The Morgan fingerprint density at radius 3 is 2.54 bits per heavy atom. The number of aromatic nitrogens is 1. The molecule has 2 amide bonds. The summed E-state index contributed by atoms with van der Waals surface area (Å²) in [5, 5.41) is 10.1. The molecule has 9 heteroatoms. The van der Waals surface area contributed by atoms with E-state index < -0.39 is 24.3 Å². The number of carboxylic acid groups (broad SMARTS) is 1. The monoisotopic (exact) mass is 394 g/mol. The van der Waals surface area contributed by atoms with Crippen molar-refractivity contribution in [2.24, 2.45) is 29.6 Å². The van der Waals surface area contributed by atoms with Crippen molar-refractivity contribution in [3.05, 3.63) is 14.5 Å². The Labute approximate surface area is 157 Å². The molecule has 0 spiro atoms. The van der Waals surface area contributed by atoms with Crippen molar-refractivity contribution >= 4 is 40.9 Å². The number of amides is 2. The smallest absolute Gasteiger partial charge is 0.323 e. The van der Waals surface area contributed by atoms with E-state index in [1.54, 1.807) is 11.8 Å². The molecule has 7 nitrogen and oxygen atoms in total. The van der Waals surface area contributed by atoms with Gasteiger partial charge in [-0.05, 0) is 24.2 Å². The molecule has 1 saturated heterocycles. The second-order valence-corrected chi connectivity index (χ2v) is 10.4. The SMILES string of the molecule is CC1(C)c2sc(=O)[nH]c2S[C@@H]2[C@@H]3C[C@H]([C@H]4C(=O)N(CC(=O)O)C(=O)[C@H]34)[C@H]21. The zero-order valence-corrected chi connectivity index (χ0v) is 15.9. The molecule has 26 heavy (non-hydrogen) atoms. The van der Waals surface area contributed by atoms with Crippen LogP contribution >= 0.6 is 23.1 Å². The van der Waals surface area contributed by atoms with E-state index in [1.165, 1.54) is 11.3 Å². The molecule has 0 aromatic carbocycles. The topological polar surface area (TPSA) is 108 Å². The van der Waals surface area contributed by atoms with Crippen molar-refractivity contribution < 1.29 is 19.5 Å². The molecule has 2 aliphatic carbocycles. The number of imide groups is 1. The van der Waals surface area contributed by atoms with E-state index >= 15 is 0 Å². The number of rotatable bonds is 2. The standard InChI is InChI=1S/C17H18N2O5S2/c1-17(2)10-5-3-6(11(10)25-13-12(17)26-16(24)18-13)9-8(5)14(22)19(15(9)23)4-7(20)21/h5-6,8-11H,3-4H2,1-2H3,(H,18,24)(H,20,21)/t5-,6-,8-,9-,10-,11-/m1/s1. The third-order valence-corrected chi connectivity index (χ3v) is 9.58. The number of nitrogens with one attached hydrogen (secondary N) is 1. The lowest BCUT2D eigenvalue weighted by molar-refractivity contribution is -0.149. The fourth-order valence-corrected chi connectivity index (χ4v) is 9.16. The van der Waals surface area contributed by atoms with Crippen molar-refractivity contribution in [2.75, 3.05) is 6.54 Å². The molecular weight excluding hydrogens is 376 g/mol. The molecule has 2 aliphatic heterocycles. The number of thioether (sulfide) groups is 1. The van der Waals surface area contributed by atoms with Gasteiger partial charge in [0, 0.05) is 15.5 Å². The van der Waals surface area contributed by atoms with Gasteiger partial charge < -0.3 is 10.1 Å². The average molecular weight is 394 g/mol. The minimum Gasteiger partial charge on any atom is -0.480 e. The normalized spacial score (nSPS) is 39.1. The van der Waals surface area contributed by atoms with Crippen molar-refractivity contribution in [1.29, 1.82) is 0 Å². The van der Waals surface area contributed by atoms with Crippen LogP contribution in [0.3, 0.4) is 0 Å². The van der Waals surface area contributed by atoms with E-state index in [1.807, 2.05) is 0 Å². The highest BCUT2D eigenvalue weighted by Gasteiger charge is 2.70. The van der Waals surface area contributed by atoms with Crippen LogP contribution < -0.4 is 4.87 Å². The summed E-state index contributed by atoms with van der Waals surface area (Å²) in [6, 6.07) is 0. The zero-order valence-electron chi connectivity index (χ0n) is 14.2. The van der Waals surface area contributed by atoms with Gasteiger partial charge in [0.15, 0.2) is 0 Å². The highest BCUT2D eigenvalue weighted by molar-refractivity contribution is 8.00. The van der Waals surface area contributed by atoms with Gasteiger partial charge in [-0.15, -0.1) is 11.8 Å². The van der Waals surface area contributed by atoms with Gasteiger partial charge in [-0.25, -0.2) is 0 Å². The first-order valence-corrected chi connectivity index (χ1v) is 10.4. The molecule has 0 unspecified atom stereocenters. The number of carbonyl (C=O) groups excluding carboxylic acids is 2. The summed E-state index contributed by atoms with van der Waals surface area (Å²) >= 11 is 2.87. The Balaban J connectivity index is 1.57. The van der Waals surface area contributed by atoms with Crippen LogP contribution in [-0.4, -0.2) is 44.6 Å². The van der Waals surface area contributed by atoms with E-state index in [9.17, 15) is 19.2 Å². The lowest BCUT2D eigenvalue weighted by Gasteiger charge is -2.47. The van der Waals surface area contributed by atoms with Crippen LogP contribution in [0.1, 0.15) is 25.1 Å². The van der Waals surface area contributed by atoms with Gasteiger partial charge in [0.1, 0.15) is 6.54 Å². The predicted molar refractivity (Wildman–Crippen MR) is 94.0 cm³/mol. The Hall–Kier alpha value is -1.61. The first-order chi connectivity index (χ1) is 12.2. The van der Waals surface area contributed by atoms with Gasteiger partial charge in [0.25, 0.3) is 0 Å². The summed E-state index contributed by atoms with van der Waals surface area (Å²) in [6.45, 7) is 3.70. The van der Waals surface area contributed by atoms with Crippen LogP contribution in [-0.2, 0) is 19.8 Å².